The molecule has 0 amide bonds. The summed E-state index contributed by atoms with van der Waals surface area (Å²) in [5, 5.41) is 10.0. The molecule has 0 saturated carbocycles. The Morgan fingerprint density at radius 3 is 2.33 bits per heavy atom. The van der Waals surface area contributed by atoms with E-state index < -0.39 is 11.4 Å². The van der Waals surface area contributed by atoms with Gasteiger partial charge in [-0.2, -0.15) is 0 Å². The van der Waals surface area contributed by atoms with Gasteiger partial charge in [0.1, 0.15) is 0 Å². The lowest BCUT2D eigenvalue weighted by Gasteiger charge is -2.25. The molecule has 0 unspecified atom stereocenters. The summed E-state index contributed by atoms with van der Waals surface area (Å²) in [7, 11) is 0. The fraction of sp³-hybridized carbons (Fsp3) is 0.429. The molecule has 5 nitrogen and oxygen atoms in total. The van der Waals surface area contributed by atoms with E-state index in [2.05, 4.69) is 51.4 Å². The van der Waals surface area contributed by atoms with Crippen molar-refractivity contribution < 1.29 is 9.90 Å². The molecule has 1 N–H and O–H groups in total. The van der Waals surface area contributed by atoms with Crippen LogP contribution < -0.4 is 0 Å². The number of pyridine rings is 1. The van der Waals surface area contributed by atoms with Crippen LogP contribution >= 0.6 is 11.8 Å². The van der Waals surface area contributed by atoms with Gasteiger partial charge in [-0.3, -0.25) is 19.6 Å². The van der Waals surface area contributed by atoms with Crippen LogP contribution in [0.2, 0.25) is 0 Å². The highest BCUT2D eigenvalue weighted by Crippen LogP contribution is 2.43. The fourth-order valence-corrected chi connectivity index (χ4v) is 4.96. The first-order valence-electron chi connectivity index (χ1n) is 9.29. The molecule has 27 heavy (non-hydrogen) atoms. The number of hydrogen-bond donors (Lipinski definition) is 1. The SMILES string of the molecule is CSc1ccc(CN2C[C@H]3CN(Cc4cccnc4)C[C@@]3(C(=O)O)C2)cc1. The average molecular weight is 384 g/mol. The normalized spacial score (nSPS) is 25.6. The predicted molar refractivity (Wildman–Crippen MR) is 107 cm³/mol. The van der Waals surface area contributed by atoms with E-state index in [4.69, 9.17) is 0 Å². The number of carboxylic acid groups (broad SMARTS) is 1. The highest BCUT2D eigenvalue weighted by molar-refractivity contribution is 7.98. The Balaban J connectivity index is 1.43. The van der Waals surface area contributed by atoms with Gasteiger partial charge in [-0.25, -0.2) is 0 Å². The summed E-state index contributed by atoms with van der Waals surface area (Å²) in [6.07, 6.45) is 5.71. The molecule has 6 heteroatoms. The molecule has 0 bridgehead atoms. The second-order valence-corrected chi connectivity index (χ2v) is 8.59. The molecular formula is C21H25N3O2S. The number of aromatic nitrogens is 1. The maximum Gasteiger partial charge on any atom is 0.312 e. The summed E-state index contributed by atoms with van der Waals surface area (Å²) in [6, 6.07) is 12.6. The lowest BCUT2D eigenvalue weighted by molar-refractivity contribution is -0.149. The van der Waals surface area contributed by atoms with Crippen LogP contribution in [-0.4, -0.2) is 58.3 Å². The van der Waals surface area contributed by atoms with E-state index in [1.54, 1.807) is 18.0 Å². The van der Waals surface area contributed by atoms with Crippen LogP contribution in [0.3, 0.4) is 0 Å². The summed E-state index contributed by atoms with van der Waals surface area (Å²) in [5.74, 6) is -0.474. The Hall–Kier alpha value is -1.89. The van der Waals surface area contributed by atoms with E-state index in [-0.39, 0.29) is 5.92 Å². The van der Waals surface area contributed by atoms with E-state index in [9.17, 15) is 9.90 Å². The quantitative estimate of drug-likeness (QED) is 0.774. The first-order valence-corrected chi connectivity index (χ1v) is 10.5. The summed E-state index contributed by atoms with van der Waals surface area (Å²) in [4.78, 5) is 22.2. The van der Waals surface area contributed by atoms with Gasteiger partial charge in [0.25, 0.3) is 0 Å². The molecule has 2 aromatic rings. The van der Waals surface area contributed by atoms with Crippen molar-refractivity contribution in [1.82, 2.24) is 14.8 Å². The first-order chi connectivity index (χ1) is 13.1. The number of nitrogens with zero attached hydrogens (tertiary/aromatic N) is 3. The first kappa shape index (κ1) is 18.5. The van der Waals surface area contributed by atoms with Crippen molar-refractivity contribution in [3.8, 4) is 0 Å². The van der Waals surface area contributed by atoms with Gasteiger partial charge >= 0.3 is 5.97 Å². The third-order valence-electron chi connectivity index (χ3n) is 5.87. The van der Waals surface area contributed by atoms with Crippen molar-refractivity contribution in [2.75, 3.05) is 32.4 Å². The van der Waals surface area contributed by atoms with Crippen LogP contribution in [0.15, 0.2) is 53.7 Å². The van der Waals surface area contributed by atoms with Gasteiger partial charge in [0.05, 0.1) is 5.41 Å². The average Bonchev–Trinajstić information content (AvgIpc) is 3.17. The van der Waals surface area contributed by atoms with E-state index in [1.807, 2.05) is 12.3 Å². The minimum absolute atomic E-state index is 0.178. The predicted octanol–water partition coefficient (Wildman–Crippen LogP) is 2.82. The zero-order valence-electron chi connectivity index (χ0n) is 15.5. The molecule has 0 radical (unpaired) electrons. The standard InChI is InChI=1S/C21H25N3O2S/c1-27-19-6-4-16(5-7-19)10-23-12-18-13-24(11-17-3-2-8-22-9-17)15-21(18,14-23)20(25)26/h2-9,18H,10-15H2,1H3,(H,25,26)/t18-,21-/m0/s1. The van der Waals surface area contributed by atoms with Crippen molar-refractivity contribution in [3.63, 3.8) is 0 Å². The van der Waals surface area contributed by atoms with Gasteiger partial charge in [-0.05, 0) is 35.6 Å². The number of carboxylic acids is 1. The number of rotatable bonds is 6. The van der Waals surface area contributed by atoms with Gasteiger partial charge < -0.3 is 5.11 Å². The lowest BCUT2D eigenvalue weighted by atomic mass is 9.81. The number of aliphatic carboxylic acids is 1. The lowest BCUT2D eigenvalue weighted by Crippen LogP contribution is -2.40. The van der Waals surface area contributed by atoms with E-state index in [1.165, 1.54) is 10.5 Å². The second-order valence-electron chi connectivity index (χ2n) is 7.71. The van der Waals surface area contributed by atoms with E-state index in [0.717, 1.165) is 31.7 Å². The molecule has 1 aromatic heterocycles. The van der Waals surface area contributed by atoms with Gasteiger partial charge in [0, 0.05) is 62.5 Å². The van der Waals surface area contributed by atoms with Crippen molar-refractivity contribution in [2.45, 2.75) is 18.0 Å². The maximum absolute atomic E-state index is 12.2. The molecular weight excluding hydrogens is 358 g/mol. The van der Waals surface area contributed by atoms with Gasteiger partial charge in [0.2, 0.25) is 0 Å². The number of hydrogen-bond acceptors (Lipinski definition) is 5. The number of benzene rings is 1. The van der Waals surface area contributed by atoms with Crippen molar-refractivity contribution in [1.29, 1.82) is 0 Å². The Kier molecular flexibility index (Phi) is 5.21. The Morgan fingerprint density at radius 2 is 1.81 bits per heavy atom. The van der Waals surface area contributed by atoms with Gasteiger partial charge in [0.15, 0.2) is 0 Å². The smallest absolute Gasteiger partial charge is 0.312 e. The van der Waals surface area contributed by atoms with E-state index >= 15 is 0 Å². The van der Waals surface area contributed by atoms with Crippen LogP contribution in [0.4, 0.5) is 0 Å². The van der Waals surface area contributed by atoms with Gasteiger partial charge in [-0.15, -0.1) is 11.8 Å². The largest absolute Gasteiger partial charge is 0.481 e. The zero-order chi connectivity index (χ0) is 18.9. The zero-order valence-corrected chi connectivity index (χ0v) is 16.4. The van der Waals surface area contributed by atoms with Crippen LogP contribution in [0.25, 0.3) is 0 Å². The van der Waals surface area contributed by atoms with Crippen molar-refractivity contribution >= 4 is 17.7 Å². The molecule has 2 aliphatic rings. The minimum Gasteiger partial charge on any atom is -0.481 e. The van der Waals surface area contributed by atoms with E-state index in [0.29, 0.717) is 13.1 Å². The Bertz CT molecular complexity index is 799. The van der Waals surface area contributed by atoms with Gasteiger partial charge in [-0.1, -0.05) is 18.2 Å². The fourth-order valence-electron chi connectivity index (χ4n) is 4.56. The molecule has 2 saturated heterocycles. The van der Waals surface area contributed by atoms with Crippen molar-refractivity contribution in [3.05, 3.63) is 59.9 Å². The monoisotopic (exact) mass is 383 g/mol. The number of fused-ring (bicyclic) bond motifs is 1. The second kappa shape index (κ2) is 7.62. The highest BCUT2D eigenvalue weighted by Gasteiger charge is 2.57. The van der Waals surface area contributed by atoms with Crippen molar-refractivity contribution in [2.24, 2.45) is 11.3 Å². The summed E-state index contributed by atoms with van der Waals surface area (Å²) in [5.41, 5.74) is 1.74. The molecule has 4 rings (SSSR count). The van der Waals surface area contributed by atoms with Crippen LogP contribution in [0.5, 0.6) is 0 Å². The summed E-state index contributed by atoms with van der Waals surface area (Å²) >= 11 is 1.74. The number of thioether (sulfide) groups is 1. The maximum atomic E-state index is 12.2. The molecule has 142 valence electrons. The molecule has 2 aliphatic heterocycles. The topological polar surface area (TPSA) is 56.7 Å². The minimum atomic E-state index is -0.651. The van der Waals surface area contributed by atoms with Crippen LogP contribution in [-0.2, 0) is 17.9 Å². The molecule has 0 aliphatic carbocycles. The third kappa shape index (κ3) is 3.74. The van der Waals surface area contributed by atoms with Crippen LogP contribution in [0, 0.1) is 11.3 Å². The number of carbonyl (C=O) groups is 1. The highest BCUT2D eigenvalue weighted by atomic mass is 32.2. The molecule has 1 aromatic carbocycles. The molecule has 3 heterocycles. The Labute approximate surface area is 164 Å². The Morgan fingerprint density at radius 1 is 1.15 bits per heavy atom. The number of likely N-dealkylation sites (tertiary alicyclic amines) is 2. The third-order valence-corrected chi connectivity index (χ3v) is 6.61. The van der Waals surface area contributed by atoms with Crippen LogP contribution in [0.1, 0.15) is 11.1 Å². The molecule has 2 atom stereocenters. The summed E-state index contributed by atoms with van der Waals surface area (Å²) < 4.78 is 0. The molecule has 0 spiro atoms. The molecule has 2 fully saturated rings. The summed E-state index contributed by atoms with van der Waals surface area (Å²) in [6.45, 7) is 4.52.